The summed E-state index contributed by atoms with van der Waals surface area (Å²) in [5.74, 6) is 2.11. The SMILES string of the molecule is CC1(C(O)c2cccc3c2OCCC3)CCCS1. The first-order chi connectivity index (χ1) is 8.71. The highest BCUT2D eigenvalue weighted by Gasteiger charge is 2.39. The summed E-state index contributed by atoms with van der Waals surface area (Å²) in [5.41, 5.74) is 2.24. The van der Waals surface area contributed by atoms with Crippen molar-refractivity contribution >= 4 is 11.8 Å². The number of para-hydroxylation sites is 1. The first-order valence-electron chi connectivity index (χ1n) is 6.77. The topological polar surface area (TPSA) is 29.5 Å². The van der Waals surface area contributed by atoms with E-state index < -0.39 is 6.10 Å². The van der Waals surface area contributed by atoms with Crippen molar-refractivity contribution in [2.45, 2.75) is 43.5 Å². The number of fused-ring (bicyclic) bond motifs is 1. The molecule has 2 atom stereocenters. The Morgan fingerprint density at radius 2 is 2.28 bits per heavy atom. The lowest BCUT2D eigenvalue weighted by atomic mass is 9.90. The predicted molar refractivity (Wildman–Crippen MR) is 75.3 cm³/mol. The molecule has 18 heavy (non-hydrogen) atoms. The van der Waals surface area contributed by atoms with E-state index >= 15 is 0 Å². The number of thioether (sulfide) groups is 1. The van der Waals surface area contributed by atoms with Gasteiger partial charge in [-0.3, -0.25) is 0 Å². The summed E-state index contributed by atoms with van der Waals surface area (Å²) in [6, 6.07) is 6.20. The van der Waals surface area contributed by atoms with Gasteiger partial charge in [0.05, 0.1) is 12.7 Å². The molecule has 0 radical (unpaired) electrons. The molecule has 1 fully saturated rings. The minimum Gasteiger partial charge on any atom is -0.493 e. The van der Waals surface area contributed by atoms with Crippen LogP contribution in [0.15, 0.2) is 18.2 Å². The molecule has 0 aliphatic carbocycles. The van der Waals surface area contributed by atoms with Gasteiger partial charge in [0.2, 0.25) is 0 Å². The van der Waals surface area contributed by atoms with Gasteiger partial charge in [-0.05, 0) is 43.9 Å². The van der Waals surface area contributed by atoms with Crippen LogP contribution in [0, 0.1) is 0 Å². The Hall–Kier alpha value is -0.670. The lowest BCUT2D eigenvalue weighted by molar-refractivity contribution is 0.129. The second-order valence-corrected chi connectivity index (χ2v) is 7.08. The van der Waals surface area contributed by atoms with Gasteiger partial charge in [0.25, 0.3) is 0 Å². The molecule has 3 rings (SSSR count). The molecular weight excluding hydrogens is 244 g/mol. The van der Waals surface area contributed by atoms with Crippen molar-refractivity contribution in [1.82, 2.24) is 0 Å². The fourth-order valence-corrected chi connectivity index (χ4v) is 4.30. The average Bonchev–Trinajstić information content (AvgIpc) is 2.85. The summed E-state index contributed by atoms with van der Waals surface area (Å²) < 4.78 is 5.77. The van der Waals surface area contributed by atoms with E-state index in [0.29, 0.717) is 0 Å². The molecule has 1 aromatic rings. The third-order valence-electron chi connectivity index (χ3n) is 4.09. The maximum atomic E-state index is 10.7. The van der Waals surface area contributed by atoms with Crippen LogP contribution in [0.1, 0.15) is 43.4 Å². The lowest BCUT2D eigenvalue weighted by Gasteiger charge is -2.32. The van der Waals surface area contributed by atoms with Crippen molar-refractivity contribution in [3.05, 3.63) is 29.3 Å². The Kier molecular flexibility index (Phi) is 3.29. The van der Waals surface area contributed by atoms with Crippen LogP contribution in [-0.2, 0) is 6.42 Å². The summed E-state index contributed by atoms with van der Waals surface area (Å²) in [7, 11) is 0. The van der Waals surface area contributed by atoms with E-state index in [2.05, 4.69) is 19.1 Å². The Morgan fingerprint density at radius 1 is 1.39 bits per heavy atom. The monoisotopic (exact) mass is 264 g/mol. The van der Waals surface area contributed by atoms with Crippen LogP contribution >= 0.6 is 11.8 Å². The standard InChI is InChI=1S/C15H20O2S/c1-15(8-4-10-18-15)14(16)12-7-2-5-11-6-3-9-17-13(11)12/h2,5,7,14,16H,3-4,6,8-10H2,1H3. The molecule has 1 saturated heterocycles. The number of aliphatic hydroxyl groups excluding tert-OH is 1. The first kappa shape index (κ1) is 12.4. The van der Waals surface area contributed by atoms with E-state index in [0.717, 1.165) is 42.9 Å². The van der Waals surface area contributed by atoms with Crippen LogP contribution in [0.25, 0.3) is 0 Å². The van der Waals surface area contributed by atoms with E-state index in [-0.39, 0.29) is 4.75 Å². The fourth-order valence-electron chi connectivity index (χ4n) is 2.98. The smallest absolute Gasteiger partial charge is 0.128 e. The van der Waals surface area contributed by atoms with E-state index in [1.807, 2.05) is 17.8 Å². The van der Waals surface area contributed by atoms with Gasteiger partial charge in [0, 0.05) is 10.3 Å². The van der Waals surface area contributed by atoms with Crippen molar-refractivity contribution in [3.8, 4) is 5.75 Å². The molecule has 2 aliphatic rings. The Morgan fingerprint density at radius 3 is 3.06 bits per heavy atom. The van der Waals surface area contributed by atoms with Gasteiger partial charge < -0.3 is 9.84 Å². The number of hydrogen-bond acceptors (Lipinski definition) is 3. The number of benzene rings is 1. The summed E-state index contributed by atoms with van der Waals surface area (Å²) in [6.45, 7) is 2.96. The first-order valence-corrected chi connectivity index (χ1v) is 7.76. The highest BCUT2D eigenvalue weighted by Crippen LogP contribution is 2.49. The zero-order valence-electron chi connectivity index (χ0n) is 10.8. The molecule has 0 spiro atoms. The number of ether oxygens (including phenoxy) is 1. The van der Waals surface area contributed by atoms with Crippen LogP contribution in [0.4, 0.5) is 0 Å². The van der Waals surface area contributed by atoms with Crippen LogP contribution in [0.2, 0.25) is 0 Å². The van der Waals surface area contributed by atoms with Crippen molar-refractivity contribution in [3.63, 3.8) is 0 Å². The normalized spacial score (nSPS) is 28.6. The quantitative estimate of drug-likeness (QED) is 0.888. The lowest BCUT2D eigenvalue weighted by Crippen LogP contribution is -2.27. The maximum absolute atomic E-state index is 10.7. The Balaban J connectivity index is 1.96. The van der Waals surface area contributed by atoms with E-state index in [1.54, 1.807) is 0 Å². The highest BCUT2D eigenvalue weighted by molar-refractivity contribution is 8.00. The number of aryl methyl sites for hydroxylation is 1. The second kappa shape index (κ2) is 4.78. The Labute approximate surface area is 113 Å². The second-order valence-electron chi connectivity index (χ2n) is 5.45. The van der Waals surface area contributed by atoms with Crippen LogP contribution in [0.5, 0.6) is 5.75 Å². The third kappa shape index (κ3) is 2.04. The largest absolute Gasteiger partial charge is 0.493 e. The van der Waals surface area contributed by atoms with Gasteiger partial charge in [-0.1, -0.05) is 18.2 Å². The van der Waals surface area contributed by atoms with Gasteiger partial charge in [-0.25, -0.2) is 0 Å². The van der Waals surface area contributed by atoms with Crippen molar-refractivity contribution in [2.75, 3.05) is 12.4 Å². The molecule has 2 aliphatic heterocycles. The summed E-state index contributed by atoms with van der Waals surface area (Å²) in [4.78, 5) is 0. The average molecular weight is 264 g/mol. The van der Waals surface area contributed by atoms with Gasteiger partial charge in [-0.15, -0.1) is 0 Å². The van der Waals surface area contributed by atoms with Crippen LogP contribution < -0.4 is 4.74 Å². The molecule has 98 valence electrons. The van der Waals surface area contributed by atoms with Crippen molar-refractivity contribution in [1.29, 1.82) is 0 Å². The van der Waals surface area contributed by atoms with Gasteiger partial charge >= 0.3 is 0 Å². The van der Waals surface area contributed by atoms with Crippen molar-refractivity contribution in [2.24, 2.45) is 0 Å². The minimum atomic E-state index is -0.418. The summed E-state index contributed by atoms with van der Waals surface area (Å²) in [6.07, 6.45) is 4.02. The number of rotatable bonds is 2. The van der Waals surface area contributed by atoms with E-state index in [9.17, 15) is 5.11 Å². The van der Waals surface area contributed by atoms with Gasteiger partial charge in [-0.2, -0.15) is 11.8 Å². The minimum absolute atomic E-state index is 0.0457. The molecule has 0 amide bonds. The van der Waals surface area contributed by atoms with Gasteiger partial charge in [0.15, 0.2) is 0 Å². The number of hydrogen-bond donors (Lipinski definition) is 1. The summed E-state index contributed by atoms with van der Waals surface area (Å²) >= 11 is 1.89. The molecule has 0 saturated carbocycles. The molecule has 1 aromatic carbocycles. The van der Waals surface area contributed by atoms with Crippen LogP contribution in [-0.4, -0.2) is 22.2 Å². The zero-order valence-corrected chi connectivity index (χ0v) is 11.6. The van der Waals surface area contributed by atoms with E-state index in [1.165, 1.54) is 12.0 Å². The molecule has 0 aromatic heterocycles. The number of aliphatic hydroxyl groups is 1. The zero-order chi connectivity index (χ0) is 12.6. The summed E-state index contributed by atoms with van der Waals surface area (Å²) in [5, 5.41) is 10.7. The molecule has 0 bridgehead atoms. The Bertz CT molecular complexity index is 438. The van der Waals surface area contributed by atoms with Crippen LogP contribution in [0.3, 0.4) is 0 Å². The third-order valence-corrected chi connectivity index (χ3v) is 5.67. The molecule has 3 heteroatoms. The molecule has 2 nitrogen and oxygen atoms in total. The highest BCUT2D eigenvalue weighted by atomic mass is 32.2. The molecule has 2 unspecified atom stereocenters. The van der Waals surface area contributed by atoms with Crippen molar-refractivity contribution < 1.29 is 9.84 Å². The maximum Gasteiger partial charge on any atom is 0.128 e. The predicted octanol–water partition coefficient (Wildman–Crippen LogP) is 3.33. The van der Waals surface area contributed by atoms with Gasteiger partial charge in [0.1, 0.15) is 5.75 Å². The molecule has 1 N–H and O–H groups in total. The fraction of sp³-hybridized carbons (Fsp3) is 0.600. The van der Waals surface area contributed by atoms with E-state index in [4.69, 9.17) is 4.74 Å². The molecular formula is C15H20O2S. The molecule has 2 heterocycles.